The van der Waals surface area contributed by atoms with E-state index in [1.807, 2.05) is 37.3 Å². The lowest BCUT2D eigenvalue weighted by Crippen LogP contribution is -2.10. The summed E-state index contributed by atoms with van der Waals surface area (Å²) < 4.78 is 15.9. The average Bonchev–Trinajstić information content (AvgIpc) is 3.12. The van der Waals surface area contributed by atoms with Crippen LogP contribution in [0.2, 0.25) is 0 Å². The third-order valence-corrected chi connectivity index (χ3v) is 3.37. The first-order valence-electron chi connectivity index (χ1n) is 7.92. The van der Waals surface area contributed by atoms with Gasteiger partial charge in [0.25, 0.3) is 11.8 Å². The molecule has 0 radical (unpaired) electrons. The fourth-order valence-electron chi connectivity index (χ4n) is 2.16. The highest BCUT2D eigenvalue weighted by Crippen LogP contribution is 2.18. The van der Waals surface area contributed by atoms with Gasteiger partial charge >= 0.3 is 0 Å². The molecule has 0 unspecified atom stereocenters. The van der Waals surface area contributed by atoms with Crippen LogP contribution in [0.25, 0.3) is 0 Å². The highest BCUT2D eigenvalue weighted by Gasteiger charge is 2.14. The Kier molecular flexibility index (Phi) is 5.31. The number of rotatable bonds is 7. The van der Waals surface area contributed by atoms with Gasteiger partial charge in [-0.2, -0.15) is 0 Å². The number of ether oxygens (including phenoxy) is 2. The lowest BCUT2D eigenvalue weighted by Gasteiger charge is -2.05. The Bertz CT molecular complexity index is 813. The van der Waals surface area contributed by atoms with E-state index in [2.05, 4.69) is 10.5 Å². The molecule has 6 nitrogen and oxygen atoms in total. The summed E-state index contributed by atoms with van der Waals surface area (Å²) in [6.07, 6.45) is 0. The minimum Gasteiger partial charge on any atom is -0.494 e. The summed E-state index contributed by atoms with van der Waals surface area (Å²) in [5.41, 5.74) is 1.64. The number of nitrogens with zero attached hydrogens (tertiary/aromatic N) is 1. The molecule has 0 spiro atoms. The summed E-state index contributed by atoms with van der Waals surface area (Å²) in [4.78, 5) is 12.2. The lowest BCUT2D eigenvalue weighted by molar-refractivity contribution is 0.0987. The number of hydrogen-bond donors (Lipinski definition) is 1. The standard InChI is InChI=1S/C19H18N2O4/c1-2-23-16-10-8-15(9-11-16)20-19(22)17-12-18(21-25-17)24-13-14-6-4-3-5-7-14/h3-12H,2,13H2,1H3,(H,20,22). The van der Waals surface area contributed by atoms with E-state index in [1.54, 1.807) is 24.3 Å². The van der Waals surface area contributed by atoms with Crippen LogP contribution in [0.1, 0.15) is 23.0 Å². The van der Waals surface area contributed by atoms with Gasteiger partial charge in [-0.25, -0.2) is 0 Å². The largest absolute Gasteiger partial charge is 0.494 e. The SMILES string of the molecule is CCOc1ccc(NC(=O)c2cc(OCc3ccccc3)no2)cc1. The number of benzene rings is 2. The molecule has 3 aromatic rings. The number of nitrogens with one attached hydrogen (secondary N) is 1. The van der Waals surface area contributed by atoms with E-state index in [4.69, 9.17) is 14.0 Å². The molecular weight excluding hydrogens is 320 g/mol. The molecule has 1 aromatic heterocycles. The summed E-state index contributed by atoms with van der Waals surface area (Å²) in [7, 11) is 0. The van der Waals surface area contributed by atoms with Gasteiger partial charge in [0.05, 0.1) is 12.7 Å². The van der Waals surface area contributed by atoms with E-state index in [9.17, 15) is 4.79 Å². The predicted molar refractivity (Wildman–Crippen MR) is 92.8 cm³/mol. The molecule has 6 heteroatoms. The van der Waals surface area contributed by atoms with E-state index in [0.717, 1.165) is 11.3 Å². The Morgan fingerprint density at radius 3 is 2.56 bits per heavy atom. The quantitative estimate of drug-likeness (QED) is 0.707. The molecule has 128 valence electrons. The molecule has 0 atom stereocenters. The van der Waals surface area contributed by atoms with Gasteiger partial charge < -0.3 is 19.3 Å². The number of aromatic nitrogens is 1. The Morgan fingerprint density at radius 1 is 1.08 bits per heavy atom. The Labute approximate surface area is 145 Å². The van der Waals surface area contributed by atoms with Gasteiger partial charge in [0.2, 0.25) is 5.76 Å². The van der Waals surface area contributed by atoms with E-state index < -0.39 is 5.91 Å². The number of carbonyl (C=O) groups is 1. The molecule has 0 saturated heterocycles. The number of carbonyl (C=O) groups excluding carboxylic acids is 1. The molecule has 2 aromatic carbocycles. The van der Waals surface area contributed by atoms with Crippen molar-refractivity contribution in [2.45, 2.75) is 13.5 Å². The zero-order valence-corrected chi connectivity index (χ0v) is 13.8. The first-order valence-corrected chi connectivity index (χ1v) is 7.92. The molecule has 0 bridgehead atoms. The predicted octanol–water partition coefficient (Wildman–Crippen LogP) is 3.90. The molecule has 0 aliphatic rings. The Morgan fingerprint density at radius 2 is 1.84 bits per heavy atom. The van der Waals surface area contributed by atoms with Crippen molar-refractivity contribution >= 4 is 11.6 Å². The maximum absolute atomic E-state index is 12.2. The fourth-order valence-corrected chi connectivity index (χ4v) is 2.16. The van der Waals surface area contributed by atoms with Crippen molar-refractivity contribution in [1.29, 1.82) is 0 Å². The van der Waals surface area contributed by atoms with Crippen molar-refractivity contribution in [3.8, 4) is 11.6 Å². The second-order valence-electron chi connectivity index (χ2n) is 5.22. The normalized spacial score (nSPS) is 10.3. The molecule has 0 fully saturated rings. The van der Waals surface area contributed by atoms with Crippen molar-refractivity contribution in [1.82, 2.24) is 5.16 Å². The topological polar surface area (TPSA) is 73.6 Å². The highest BCUT2D eigenvalue weighted by molar-refractivity contribution is 6.02. The third kappa shape index (κ3) is 4.60. The molecule has 1 N–H and O–H groups in total. The number of hydrogen-bond acceptors (Lipinski definition) is 5. The molecule has 25 heavy (non-hydrogen) atoms. The smallest absolute Gasteiger partial charge is 0.294 e. The van der Waals surface area contributed by atoms with Crippen LogP contribution in [-0.2, 0) is 6.61 Å². The van der Waals surface area contributed by atoms with E-state index in [1.165, 1.54) is 6.07 Å². The third-order valence-electron chi connectivity index (χ3n) is 3.37. The second-order valence-corrected chi connectivity index (χ2v) is 5.22. The minimum atomic E-state index is -0.397. The van der Waals surface area contributed by atoms with E-state index in [0.29, 0.717) is 18.9 Å². The fraction of sp³-hybridized carbons (Fsp3) is 0.158. The Hall–Kier alpha value is -3.28. The van der Waals surface area contributed by atoms with Crippen LogP contribution in [0.4, 0.5) is 5.69 Å². The summed E-state index contributed by atoms with van der Waals surface area (Å²) in [5, 5.41) is 6.49. The zero-order valence-electron chi connectivity index (χ0n) is 13.8. The first kappa shape index (κ1) is 16.6. The van der Waals surface area contributed by atoms with Crippen LogP contribution in [0, 0.1) is 0 Å². The van der Waals surface area contributed by atoms with Gasteiger partial charge in [0.1, 0.15) is 12.4 Å². The van der Waals surface area contributed by atoms with Crippen molar-refractivity contribution in [3.63, 3.8) is 0 Å². The van der Waals surface area contributed by atoms with Crippen LogP contribution in [0.5, 0.6) is 11.6 Å². The number of anilines is 1. The van der Waals surface area contributed by atoms with Gasteiger partial charge in [-0.15, -0.1) is 0 Å². The van der Waals surface area contributed by atoms with E-state index >= 15 is 0 Å². The molecule has 0 aliphatic heterocycles. The van der Waals surface area contributed by atoms with Crippen LogP contribution < -0.4 is 14.8 Å². The van der Waals surface area contributed by atoms with Crippen molar-refractivity contribution in [3.05, 3.63) is 72.0 Å². The van der Waals surface area contributed by atoms with Gasteiger partial charge in [-0.3, -0.25) is 4.79 Å². The summed E-state index contributed by atoms with van der Waals surface area (Å²) in [6, 6.07) is 18.2. The molecular formula is C19H18N2O4. The second kappa shape index (κ2) is 8.01. The van der Waals surface area contributed by atoms with Crippen LogP contribution in [0.15, 0.2) is 65.2 Å². The average molecular weight is 338 g/mol. The molecule has 1 amide bonds. The highest BCUT2D eigenvalue weighted by atomic mass is 16.5. The van der Waals surface area contributed by atoms with Crippen molar-refractivity contribution in [2.75, 3.05) is 11.9 Å². The molecule has 1 heterocycles. The monoisotopic (exact) mass is 338 g/mol. The van der Waals surface area contributed by atoms with Gasteiger partial charge in [0, 0.05) is 5.69 Å². The van der Waals surface area contributed by atoms with Crippen molar-refractivity contribution in [2.24, 2.45) is 0 Å². The lowest BCUT2D eigenvalue weighted by atomic mass is 10.2. The summed E-state index contributed by atoms with van der Waals surface area (Å²) in [5.74, 6) is 0.695. The zero-order chi connectivity index (χ0) is 17.5. The van der Waals surface area contributed by atoms with Gasteiger partial charge in [0.15, 0.2) is 0 Å². The molecule has 0 aliphatic carbocycles. The maximum Gasteiger partial charge on any atom is 0.294 e. The minimum absolute atomic E-state index is 0.0805. The van der Waals surface area contributed by atoms with E-state index in [-0.39, 0.29) is 11.6 Å². The first-order chi connectivity index (χ1) is 12.2. The van der Waals surface area contributed by atoms with Crippen molar-refractivity contribution < 1.29 is 18.8 Å². The van der Waals surface area contributed by atoms with Gasteiger partial charge in [-0.1, -0.05) is 30.3 Å². The van der Waals surface area contributed by atoms with Crippen LogP contribution in [0.3, 0.4) is 0 Å². The summed E-state index contributed by atoms with van der Waals surface area (Å²) in [6.45, 7) is 2.86. The molecule has 0 saturated carbocycles. The van der Waals surface area contributed by atoms with Gasteiger partial charge in [-0.05, 0) is 41.9 Å². The summed E-state index contributed by atoms with van der Waals surface area (Å²) >= 11 is 0. The van der Waals surface area contributed by atoms with Crippen LogP contribution >= 0.6 is 0 Å². The maximum atomic E-state index is 12.2. The van der Waals surface area contributed by atoms with Crippen LogP contribution in [-0.4, -0.2) is 17.7 Å². The Balaban J connectivity index is 1.56. The number of amides is 1. The molecule has 3 rings (SSSR count).